The highest BCUT2D eigenvalue weighted by Crippen LogP contribution is 2.29. The van der Waals surface area contributed by atoms with Crippen molar-refractivity contribution in [1.29, 1.82) is 0 Å². The molecule has 7 heteroatoms. The predicted octanol–water partition coefficient (Wildman–Crippen LogP) is 3.88. The molecule has 3 rings (SSSR count). The van der Waals surface area contributed by atoms with E-state index in [1.54, 1.807) is 24.3 Å². The minimum Gasteiger partial charge on any atom is -0.379 e. The van der Waals surface area contributed by atoms with Crippen molar-refractivity contribution in [2.45, 2.75) is 50.1 Å². The lowest BCUT2D eigenvalue weighted by Gasteiger charge is -2.22. The summed E-state index contributed by atoms with van der Waals surface area (Å²) in [5.41, 5.74) is 0.915. The molecular formula is C20H22FNO4S. The second-order valence-electron chi connectivity index (χ2n) is 6.64. The summed E-state index contributed by atoms with van der Waals surface area (Å²) in [7, 11) is -4.02. The highest BCUT2D eigenvalue weighted by atomic mass is 32.2. The summed E-state index contributed by atoms with van der Waals surface area (Å²) >= 11 is 0. The van der Waals surface area contributed by atoms with Crippen LogP contribution in [0.2, 0.25) is 0 Å². The van der Waals surface area contributed by atoms with Crippen LogP contribution in [0.1, 0.15) is 38.2 Å². The number of amides is 1. The Kier molecular flexibility index (Phi) is 5.79. The summed E-state index contributed by atoms with van der Waals surface area (Å²) in [4.78, 5) is 14.0. The highest BCUT2D eigenvalue weighted by molar-refractivity contribution is 7.87. The molecular weight excluding hydrogens is 369 g/mol. The summed E-state index contributed by atoms with van der Waals surface area (Å²) in [6, 6.07) is 11.4. The van der Waals surface area contributed by atoms with Crippen molar-refractivity contribution in [3.8, 4) is 5.75 Å². The Bertz CT molecular complexity index is 891. The molecule has 2 aromatic rings. The van der Waals surface area contributed by atoms with Gasteiger partial charge in [-0.2, -0.15) is 8.42 Å². The summed E-state index contributed by atoms with van der Waals surface area (Å²) in [6.07, 6.45) is 3.42. The molecule has 0 saturated heterocycles. The molecule has 0 bridgehead atoms. The molecule has 1 amide bonds. The van der Waals surface area contributed by atoms with Crippen LogP contribution >= 0.6 is 0 Å². The fraction of sp³-hybridized carbons (Fsp3) is 0.350. The van der Waals surface area contributed by atoms with E-state index in [0.29, 0.717) is 19.0 Å². The predicted molar refractivity (Wildman–Crippen MR) is 99.1 cm³/mol. The van der Waals surface area contributed by atoms with Crippen molar-refractivity contribution < 1.29 is 21.8 Å². The maximum Gasteiger partial charge on any atom is 0.339 e. The van der Waals surface area contributed by atoms with E-state index in [2.05, 4.69) is 0 Å². The molecule has 1 fully saturated rings. The number of nitrogens with zero attached hydrogens (tertiary/aromatic N) is 1. The molecule has 0 atom stereocenters. The van der Waals surface area contributed by atoms with E-state index in [4.69, 9.17) is 4.18 Å². The summed E-state index contributed by atoms with van der Waals surface area (Å²) in [6.45, 7) is 2.49. The first-order valence-corrected chi connectivity index (χ1v) is 10.4. The lowest BCUT2D eigenvalue weighted by atomic mass is 10.2. The molecule has 1 aliphatic rings. The second kappa shape index (κ2) is 8.08. The van der Waals surface area contributed by atoms with Gasteiger partial charge in [-0.15, -0.1) is 0 Å². The Morgan fingerprint density at radius 2 is 1.74 bits per heavy atom. The highest BCUT2D eigenvalue weighted by Gasteiger charge is 2.31. The van der Waals surface area contributed by atoms with Crippen LogP contribution in [-0.2, 0) is 21.5 Å². The van der Waals surface area contributed by atoms with E-state index in [1.165, 1.54) is 0 Å². The fourth-order valence-electron chi connectivity index (χ4n) is 2.79. The van der Waals surface area contributed by atoms with E-state index in [9.17, 15) is 17.6 Å². The van der Waals surface area contributed by atoms with Crippen LogP contribution < -0.4 is 4.18 Å². The Balaban J connectivity index is 1.67. The quantitative estimate of drug-likeness (QED) is 0.641. The number of halogens is 1. The Labute approximate surface area is 158 Å². The fourth-order valence-corrected chi connectivity index (χ4v) is 3.72. The lowest BCUT2D eigenvalue weighted by Crippen LogP contribution is -2.32. The Hall–Kier alpha value is -2.41. The minimum atomic E-state index is -4.02. The van der Waals surface area contributed by atoms with Crippen LogP contribution in [0, 0.1) is 5.82 Å². The number of hydrogen-bond acceptors (Lipinski definition) is 4. The average Bonchev–Trinajstić information content (AvgIpc) is 3.46. The molecule has 0 aliphatic heterocycles. The van der Waals surface area contributed by atoms with Crippen LogP contribution in [0.5, 0.6) is 5.75 Å². The van der Waals surface area contributed by atoms with Crippen molar-refractivity contribution >= 4 is 16.0 Å². The third-order valence-electron chi connectivity index (χ3n) is 4.36. The van der Waals surface area contributed by atoms with Gasteiger partial charge in [-0.25, -0.2) is 4.39 Å². The molecule has 0 unspecified atom stereocenters. The van der Waals surface area contributed by atoms with Crippen molar-refractivity contribution in [3.05, 3.63) is 59.9 Å². The first-order valence-electron chi connectivity index (χ1n) is 8.97. The Morgan fingerprint density at radius 3 is 2.30 bits per heavy atom. The van der Waals surface area contributed by atoms with Gasteiger partial charge in [-0.3, -0.25) is 4.79 Å². The lowest BCUT2D eigenvalue weighted by molar-refractivity contribution is -0.132. The first-order chi connectivity index (χ1) is 12.9. The van der Waals surface area contributed by atoms with Crippen molar-refractivity contribution in [1.82, 2.24) is 4.90 Å². The molecule has 1 saturated carbocycles. The Morgan fingerprint density at radius 1 is 1.11 bits per heavy atom. The van der Waals surface area contributed by atoms with Crippen molar-refractivity contribution in [3.63, 3.8) is 0 Å². The molecule has 0 aromatic heterocycles. The smallest absolute Gasteiger partial charge is 0.339 e. The maximum absolute atomic E-state index is 13.0. The molecule has 0 spiro atoms. The normalized spacial score (nSPS) is 14.0. The molecule has 144 valence electrons. The van der Waals surface area contributed by atoms with Crippen LogP contribution in [0.3, 0.4) is 0 Å². The van der Waals surface area contributed by atoms with E-state index in [0.717, 1.165) is 49.1 Å². The van der Waals surface area contributed by atoms with E-state index < -0.39 is 15.9 Å². The molecule has 0 N–H and O–H groups in total. The van der Waals surface area contributed by atoms with Gasteiger partial charge in [0.2, 0.25) is 5.91 Å². The van der Waals surface area contributed by atoms with Gasteiger partial charge >= 0.3 is 10.1 Å². The molecule has 0 radical (unpaired) electrons. The van der Waals surface area contributed by atoms with Gasteiger partial charge in [-0.1, -0.05) is 19.1 Å². The van der Waals surface area contributed by atoms with Crippen LogP contribution in [0.25, 0.3) is 0 Å². The van der Waals surface area contributed by atoms with Gasteiger partial charge < -0.3 is 9.08 Å². The number of hydrogen-bond donors (Lipinski definition) is 0. The third kappa shape index (κ3) is 5.07. The van der Waals surface area contributed by atoms with Gasteiger partial charge in [0.15, 0.2) is 0 Å². The first kappa shape index (κ1) is 19.4. The van der Waals surface area contributed by atoms with Crippen LogP contribution in [0.4, 0.5) is 4.39 Å². The van der Waals surface area contributed by atoms with Crippen molar-refractivity contribution in [2.24, 2.45) is 0 Å². The summed E-state index contributed by atoms with van der Waals surface area (Å²) in [5, 5.41) is 0. The topological polar surface area (TPSA) is 63.7 Å². The molecule has 27 heavy (non-hydrogen) atoms. The summed E-state index contributed by atoms with van der Waals surface area (Å²) < 4.78 is 42.5. The molecule has 5 nitrogen and oxygen atoms in total. The zero-order chi connectivity index (χ0) is 19.4. The number of carbonyl (C=O) groups is 1. The minimum absolute atomic E-state index is 0.113. The third-order valence-corrected chi connectivity index (χ3v) is 5.62. The van der Waals surface area contributed by atoms with E-state index in [1.807, 2.05) is 11.8 Å². The van der Waals surface area contributed by atoms with Crippen LogP contribution in [0.15, 0.2) is 53.4 Å². The van der Waals surface area contributed by atoms with Gasteiger partial charge in [-0.05, 0) is 61.2 Å². The SMILES string of the molecule is CCCC(=O)N(Cc1ccc(OS(=O)(=O)c2ccc(F)cc2)cc1)C1CC1. The average molecular weight is 391 g/mol. The number of benzene rings is 2. The van der Waals surface area contributed by atoms with Crippen LogP contribution in [-0.4, -0.2) is 25.3 Å². The zero-order valence-corrected chi connectivity index (χ0v) is 15.9. The van der Waals surface area contributed by atoms with Gasteiger partial charge in [0.1, 0.15) is 16.5 Å². The largest absolute Gasteiger partial charge is 0.379 e. The second-order valence-corrected chi connectivity index (χ2v) is 8.18. The summed E-state index contributed by atoms with van der Waals surface area (Å²) in [5.74, 6) is -0.198. The molecule has 1 aliphatic carbocycles. The monoisotopic (exact) mass is 391 g/mol. The number of rotatable bonds is 8. The van der Waals surface area contributed by atoms with E-state index in [-0.39, 0.29) is 16.6 Å². The maximum atomic E-state index is 13.0. The van der Waals surface area contributed by atoms with Gasteiger partial charge in [0.25, 0.3) is 0 Å². The van der Waals surface area contributed by atoms with Crippen molar-refractivity contribution in [2.75, 3.05) is 0 Å². The zero-order valence-electron chi connectivity index (χ0n) is 15.1. The van der Waals surface area contributed by atoms with Gasteiger partial charge in [0.05, 0.1) is 0 Å². The standard InChI is InChI=1S/C20H22FNO4S/c1-2-3-20(23)22(17-8-9-17)14-15-4-10-18(11-5-15)26-27(24,25)19-12-6-16(21)7-13-19/h4-7,10-13,17H,2-3,8-9,14H2,1H3. The molecule has 0 heterocycles. The van der Waals surface area contributed by atoms with Gasteiger partial charge in [0, 0.05) is 19.0 Å². The number of carbonyl (C=O) groups excluding carboxylic acids is 1. The molecule has 2 aromatic carbocycles. The van der Waals surface area contributed by atoms with E-state index >= 15 is 0 Å².